The second kappa shape index (κ2) is 4.38. The molecule has 62 valence electrons. The Hall–Kier alpha value is -0.520. The maximum Gasteiger partial charge on any atom is 0.0621 e. The van der Waals surface area contributed by atoms with Gasteiger partial charge < -0.3 is 10.5 Å². The Kier molecular flexibility index (Phi) is 3.41. The Balaban J connectivity index is 2.18. The van der Waals surface area contributed by atoms with Gasteiger partial charge in [0.15, 0.2) is 0 Å². The summed E-state index contributed by atoms with van der Waals surface area (Å²) in [5.41, 5.74) is 5.79. The van der Waals surface area contributed by atoms with E-state index in [0.717, 1.165) is 26.1 Å². The molecular formula is C9H15NO. The molecule has 0 aliphatic carbocycles. The fourth-order valence-electron chi connectivity index (χ4n) is 1.30. The molecule has 1 rings (SSSR count). The monoisotopic (exact) mass is 153 g/mol. The maximum absolute atomic E-state index is 5.79. The SMILES string of the molecule is CC#CCCC1COCC1N. The fourth-order valence-corrected chi connectivity index (χ4v) is 1.30. The molecule has 1 heterocycles. The van der Waals surface area contributed by atoms with Gasteiger partial charge in [0.05, 0.1) is 13.2 Å². The van der Waals surface area contributed by atoms with Crippen molar-refractivity contribution in [2.75, 3.05) is 13.2 Å². The summed E-state index contributed by atoms with van der Waals surface area (Å²) in [6, 6.07) is 0.244. The van der Waals surface area contributed by atoms with Gasteiger partial charge >= 0.3 is 0 Å². The summed E-state index contributed by atoms with van der Waals surface area (Å²) < 4.78 is 5.23. The van der Waals surface area contributed by atoms with Crippen LogP contribution in [-0.4, -0.2) is 19.3 Å². The van der Waals surface area contributed by atoms with Gasteiger partial charge in [0.25, 0.3) is 0 Å². The third kappa shape index (κ3) is 2.53. The molecule has 0 amide bonds. The lowest BCUT2D eigenvalue weighted by atomic mass is 9.99. The van der Waals surface area contributed by atoms with Crippen molar-refractivity contribution in [3.05, 3.63) is 0 Å². The zero-order chi connectivity index (χ0) is 8.10. The molecule has 0 saturated carbocycles. The molecule has 1 fully saturated rings. The van der Waals surface area contributed by atoms with E-state index in [-0.39, 0.29) is 6.04 Å². The topological polar surface area (TPSA) is 35.2 Å². The van der Waals surface area contributed by atoms with E-state index in [2.05, 4.69) is 11.8 Å². The average Bonchev–Trinajstić information content (AvgIpc) is 2.37. The first kappa shape index (κ1) is 8.58. The molecule has 1 aliphatic rings. The lowest BCUT2D eigenvalue weighted by Crippen LogP contribution is -2.28. The minimum absolute atomic E-state index is 0.244. The van der Waals surface area contributed by atoms with Gasteiger partial charge in [-0.1, -0.05) is 0 Å². The molecule has 2 heteroatoms. The van der Waals surface area contributed by atoms with Crippen molar-refractivity contribution in [1.29, 1.82) is 0 Å². The van der Waals surface area contributed by atoms with Gasteiger partial charge in [-0.3, -0.25) is 0 Å². The molecule has 2 unspecified atom stereocenters. The molecule has 0 aromatic rings. The van der Waals surface area contributed by atoms with Crippen LogP contribution in [0.4, 0.5) is 0 Å². The molecule has 1 saturated heterocycles. The number of hydrogen-bond donors (Lipinski definition) is 1. The van der Waals surface area contributed by atoms with Gasteiger partial charge in [-0.25, -0.2) is 0 Å². The predicted molar refractivity (Wildman–Crippen MR) is 45.0 cm³/mol. The van der Waals surface area contributed by atoms with Gasteiger partial charge in [-0.05, 0) is 13.3 Å². The van der Waals surface area contributed by atoms with Crippen LogP contribution in [-0.2, 0) is 4.74 Å². The minimum Gasteiger partial charge on any atom is -0.379 e. The highest BCUT2D eigenvalue weighted by molar-refractivity contribution is 4.96. The summed E-state index contributed by atoms with van der Waals surface area (Å²) in [5.74, 6) is 6.45. The minimum atomic E-state index is 0.244. The van der Waals surface area contributed by atoms with Crippen molar-refractivity contribution < 1.29 is 4.74 Å². The highest BCUT2D eigenvalue weighted by atomic mass is 16.5. The summed E-state index contributed by atoms with van der Waals surface area (Å²) in [6.07, 6.45) is 2.04. The highest BCUT2D eigenvalue weighted by Gasteiger charge is 2.23. The van der Waals surface area contributed by atoms with Crippen LogP contribution >= 0.6 is 0 Å². The second-order valence-corrected chi connectivity index (χ2v) is 2.93. The first-order valence-electron chi connectivity index (χ1n) is 4.07. The molecule has 0 aromatic heterocycles. The second-order valence-electron chi connectivity index (χ2n) is 2.93. The third-order valence-electron chi connectivity index (χ3n) is 2.06. The van der Waals surface area contributed by atoms with Crippen LogP contribution in [0, 0.1) is 17.8 Å². The molecule has 0 bridgehead atoms. The summed E-state index contributed by atoms with van der Waals surface area (Å²) >= 11 is 0. The first-order valence-corrected chi connectivity index (χ1v) is 4.07. The van der Waals surface area contributed by atoms with Crippen molar-refractivity contribution in [1.82, 2.24) is 0 Å². The van der Waals surface area contributed by atoms with Crippen LogP contribution in [0.5, 0.6) is 0 Å². The summed E-state index contributed by atoms with van der Waals surface area (Å²) in [5, 5.41) is 0. The van der Waals surface area contributed by atoms with E-state index in [1.807, 2.05) is 6.92 Å². The lowest BCUT2D eigenvalue weighted by molar-refractivity contribution is 0.183. The number of ether oxygens (including phenoxy) is 1. The normalized spacial score (nSPS) is 29.6. The molecule has 2 atom stereocenters. The zero-order valence-corrected chi connectivity index (χ0v) is 6.97. The van der Waals surface area contributed by atoms with Crippen molar-refractivity contribution >= 4 is 0 Å². The Morgan fingerprint density at radius 3 is 2.91 bits per heavy atom. The summed E-state index contributed by atoms with van der Waals surface area (Å²) in [7, 11) is 0. The fraction of sp³-hybridized carbons (Fsp3) is 0.778. The van der Waals surface area contributed by atoms with E-state index in [0.29, 0.717) is 5.92 Å². The number of nitrogens with two attached hydrogens (primary N) is 1. The van der Waals surface area contributed by atoms with E-state index in [1.54, 1.807) is 0 Å². The molecule has 0 radical (unpaired) electrons. The van der Waals surface area contributed by atoms with Crippen molar-refractivity contribution in [3.8, 4) is 11.8 Å². The van der Waals surface area contributed by atoms with Crippen LogP contribution in [0.2, 0.25) is 0 Å². The number of hydrogen-bond acceptors (Lipinski definition) is 2. The van der Waals surface area contributed by atoms with E-state index >= 15 is 0 Å². The molecule has 0 aromatic carbocycles. The van der Waals surface area contributed by atoms with E-state index < -0.39 is 0 Å². The van der Waals surface area contributed by atoms with Crippen LogP contribution in [0.3, 0.4) is 0 Å². The van der Waals surface area contributed by atoms with Crippen molar-refractivity contribution in [2.45, 2.75) is 25.8 Å². The Labute approximate surface area is 68.1 Å². The summed E-state index contributed by atoms with van der Waals surface area (Å²) in [6.45, 7) is 3.42. The quantitative estimate of drug-likeness (QED) is 0.594. The smallest absolute Gasteiger partial charge is 0.0621 e. The van der Waals surface area contributed by atoms with Crippen LogP contribution in [0.1, 0.15) is 19.8 Å². The van der Waals surface area contributed by atoms with Gasteiger partial charge in [0, 0.05) is 18.4 Å². The van der Waals surface area contributed by atoms with Gasteiger partial charge in [0.1, 0.15) is 0 Å². The Bertz CT molecular complexity index is 168. The molecule has 1 aliphatic heterocycles. The van der Waals surface area contributed by atoms with E-state index in [1.165, 1.54) is 0 Å². The summed E-state index contributed by atoms with van der Waals surface area (Å²) in [4.78, 5) is 0. The zero-order valence-electron chi connectivity index (χ0n) is 6.97. The molecule has 11 heavy (non-hydrogen) atoms. The molecule has 2 nitrogen and oxygen atoms in total. The standard InChI is InChI=1S/C9H15NO/c1-2-3-4-5-8-6-11-7-9(8)10/h8-9H,4-7,10H2,1H3. The molecule has 0 spiro atoms. The highest BCUT2D eigenvalue weighted by Crippen LogP contribution is 2.16. The van der Waals surface area contributed by atoms with Gasteiger partial charge in [-0.2, -0.15) is 0 Å². The average molecular weight is 153 g/mol. The maximum atomic E-state index is 5.79. The van der Waals surface area contributed by atoms with Crippen LogP contribution < -0.4 is 5.73 Å². The predicted octanol–water partition coefficient (Wildman–Crippen LogP) is 0.764. The first-order chi connectivity index (χ1) is 5.34. The largest absolute Gasteiger partial charge is 0.379 e. The van der Waals surface area contributed by atoms with Crippen LogP contribution in [0.15, 0.2) is 0 Å². The lowest BCUT2D eigenvalue weighted by Gasteiger charge is -2.09. The van der Waals surface area contributed by atoms with Crippen molar-refractivity contribution in [3.63, 3.8) is 0 Å². The van der Waals surface area contributed by atoms with E-state index in [4.69, 9.17) is 10.5 Å². The Morgan fingerprint density at radius 1 is 1.55 bits per heavy atom. The van der Waals surface area contributed by atoms with Crippen molar-refractivity contribution in [2.24, 2.45) is 11.7 Å². The van der Waals surface area contributed by atoms with Crippen LogP contribution in [0.25, 0.3) is 0 Å². The molecular weight excluding hydrogens is 138 g/mol. The Morgan fingerprint density at radius 2 is 2.36 bits per heavy atom. The van der Waals surface area contributed by atoms with E-state index in [9.17, 15) is 0 Å². The molecule has 2 N–H and O–H groups in total. The van der Waals surface area contributed by atoms with Gasteiger partial charge in [-0.15, -0.1) is 11.8 Å². The third-order valence-corrected chi connectivity index (χ3v) is 2.06. The number of rotatable bonds is 2. The van der Waals surface area contributed by atoms with Gasteiger partial charge in [0.2, 0.25) is 0 Å².